The van der Waals surface area contributed by atoms with Crippen molar-refractivity contribution < 1.29 is 9.59 Å². The number of carbonyl (C=O) groups excluding carboxylic acids is 2. The summed E-state index contributed by atoms with van der Waals surface area (Å²) in [5.74, 6) is 0.0466. The summed E-state index contributed by atoms with van der Waals surface area (Å²) in [6.07, 6.45) is 2.53. The zero-order chi connectivity index (χ0) is 22.6. The molecule has 1 aromatic carbocycles. The van der Waals surface area contributed by atoms with E-state index in [1.54, 1.807) is 6.20 Å². The van der Waals surface area contributed by atoms with Gasteiger partial charge >= 0.3 is 0 Å². The Balaban J connectivity index is 1.46. The molecule has 0 saturated carbocycles. The number of aromatic amines is 1. The average Bonchev–Trinajstić information content (AvgIpc) is 3.46. The molecular formula is C25H26N4O2S. The van der Waals surface area contributed by atoms with Crippen molar-refractivity contribution >= 4 is 44.3 Å². The third-order valence-corrected chi connectivity index (χ3v) is 7.62. The lowest BCUT2D eigenvalue weighted by atomic mass is 9.95. The summed E-state index contributed by atoms with van der Waals surface area (Å²) in [4.78, 5) is 36.6. The van der Waals surface area contributed by atoms with Crippen LogP contribution in [0.15, 0.2) is 36.5 Å². The topological polar surface area (TPSA) is 92.1 Å². The summed E-state index contributed by atoms with van der Waals surface area (Å²) in [5, 5.41) is 2.08. The number of nitrogens with two attached hydrogens (primary N) is 1. The van der Waals surface area contributed by atoms with Crippen molar-refractivity contribution in [2.75, 3.05) is 13.1 Å². The molecule has 1 aliphatic heterocycles. The van der Waals surface area contributed by atoms with Crippen LogP contribution in [0.3, 0.4) is 0 Å². The molecule has 0 bridgehead atoms. The van der Waals surface area contributed by atoms with Crippen LogP contribution in [-0.2, 0) is 0 Å². The Labute approximate surface area is 190 Å². The molecule has 4 heterocycles. The molecule has 7 heteroatoms. The number of amides is 2. The summed E-state index contributed by atoms with van der Waals surface area (Å²) < 4.78 is 0. The number of benzene rings is 1. The summed E-state index contributed by atoms with van der Waals surface area (Å²) in [5.41, 5.74) is 10.8. The molecule has 164 valence electrons. The second-order valence-corrected chi connectivity index (χ2v) is 9.88. The van der Waals surface area contributed by atoms with Gasteiger partial charge in [0, 0.05) is 52.8 Å². The number of likely N-dealkylation sites (tertiary alicyclic amines) is 1. The molecule has 32 heavy (non-hydrogen) atoms. The van der Waals surface area contributed by atoms with Gasteiger partial charge in [-0.25, -0.2) is 4.98 Å². The van der Waals surface area contributed by atoms with E-state index in [2.05, 4.69) is 30.7 Å². The first-order chi connectivity index (χ1) is 15.3. The minimum Gasteiger partial charge on any atom is -0.365 e. The van der Waals surface area contributed by atoms with Crippen molar-refractivity contribution in [3.05, 3.63) is 63.8 Å². The minimum atomic E-state index is -0.428. The molecular weight excluding hydrogens is 420 g/mol. The first kappa shape index (κ1) is 20.7. The molecule has 1 aliphatic rings. The van der Waals surface area contributed by atoms with Crippen molar-refractivity contribution in [1.29, 1.82) is 0 Å². The SMILES string of the molecule is Cc1[nH]c2ccc(C(=O)N3CCC(c4c(C(N)=O)sc5ncccc45)C3)cc2c1C(C)C. The highest BCUT2D eigenvalue weighted by molar-refractivity contribution is 7.20. The van der Waals surface area contributed by atoms with E-state index in [1.165, 1.54) is 16.9 Å². The number of rotatable bonds is 4. The Morgan fingerprint density at radius 2 is 2.06 bits per heavy atom. The molecule has 5 rings (SSSR count). The minimum absolute atomic E-state index is 0.0289. The number of aryl methyl sites for hydroxylation is 1. The number of hydrogen-bond acceptors (Lipinski definition) is 4. The Morgan fingerprint density at radius 1 is 1.25 bits per heavy atom. The van der Waals surface area contributed by atoms with E-state index in [0.717, 1.165) is 38.8 Å². The van der Waals surface area contributed by atoms with Crippen molar-refractivity contribution in [3.63, 3.8) is 0 Å². The largest absolute Gasteiger partial charge is 0.365 e. The normalized spacial score (nSPS) is 16.5. The molecule has 0 radical (unpaired) electrons. The van der Waals surface area contributed by atoms with E-state index in [0.29, 0.717) is 29.4 Å². The van der Waals surface area contributed by atoms with Gasteiger partial charge in [0.1, 0.15) is 4.83 Å². The number of hydrogen-bond donors (Lipinski definition) is 2. The Hall–Kier alpha value is -3.19. The van der Waals surface area contributed by atoms with Crippen LogP contribution in [0.25, 0.3) is 21.1 Å². The molecule has 1 fully saturated rings. The van der Waals surface area contributed by atoms with E-state index < -0.39 is 5.91 Å². The molecule has 1 atom stereocenters. The quantitative estimate of drug-likeness (QED) is 0.465. The zero-order valence-corrected chi connectivity index (χ0v) is 19.3. The molecule has 3 aromatic heterocycles. The molecule has 2 amide bonds. The second-order valence-electron chi connectivity index (χ2n) is 8.88. The van der Waals surface area contributed by atoms with Crippen molar-refractivity contribution in [2.24, 2.45) is 5.73 Å². The van der Waals surface area contributed by atoms with Gasteiger partial charge in [-0.05, 0) is 54.7 Å². The van der Waals surface area contributed by atoms with Crippen LogP contribution in [0.4, 0.5) is 0 Å². The van der Waals surface area contributed by atoms with Gasteiger partial charge in [0.15, 0.2) is 0 Å². The number of nitrogens with one attached hydrogen (secondary N) is 1. The van der Waals surface area contributed by atoms with Crippen molar-refractivity contribution in [3.8, 4) is 0 Å². The van der Waals surface area contributed by atoms with Crippen molar-refractivity contribution in [2.45, 2.75) is 39.0 Å². The highest BCUT2D eigenvalue weighted by atomic mass is 32.1. The van der Waals surface area contributed by atoms with Crippen molar-refractivity contribution in [1.82, 2.24) is 14.9 Å². The lowest BCUT2D eigenvalue weighted by Crippen LogP contribution is -2.28. The van der Waals surface area contributed by atoms with Crippen LogP contribution in [0.5, 0.6) is 0 Å². The maximum absolute atomic E-state index is 13.4. The van der Waals surface area contributed by atoms with Gasteiger partial charge in [-0.15, -0.1) is 11.3 Å². The van der Waals surface area contributed by atoms with E-state index in [1.807, 2.05) is 35.2 Å². The van der Waals surface area contributed by atoms with Crippen LogP contribution >= 0.6 is 11.3 Å². The molecule has 4 aromatic rings. The van der Waals surface area contributed by atoms with Crippen LogP contribution in [0.1, 0.15) is 69.0 Å². The van der Waals surface area contributed by atoms with Gasteiger partial charge in [0.05, 0.1) is 4.88 Å². The van der Waals surface area contributed by atoms with Crippen LogP contribution in [-0.4, -0.2) is 39.8 Å². The third-order valence-electron chi connectivity index (χ3n) is 6.47. The number of thiophene rings is 1. The summed E-state index contributed by atoms with van der Waals surface area (Å²) in [7, 11) is 0. The lowest BCUT2D eigenvalue weighted by Gasteiger charge is -2.17. The standard InChI is InChI=1S/C25H26N4O2S/c1-13(2)20-14(3)28-19-7-6-15(11-18(19)20)25(31)29-10-8-16(12-29)21-17-5-4-9-27-24(17)32-22(21)23(26)30/h4-7,9,11,13,16,28H,8,10,12H2,1-3H3,(H2,26,30). The van der Waals surface area contributed by atoms with Gasteiger partial charge in [-0.1, -0.05) is 19.9 Å². The Bertz CT molecular complexity index is 1370. The molecule has 0 spiro atoms. The number of H-pyrrole nitrogens is 1. The zero-order valence-electron chi connectivity index (χ0n) is 18.4. The second kappa shape index (κ2) is 7.74. The number of aromatic nitrogens is 2. The van der Waals surface area contributed by atoms with Gasteiger partial charge in [0.2, 0.25) is 0 Å². The molecule has 1 unspecified atom stereocenters. The molecule has 3 N–H and O–H groups in total. The Morgan fingerprint density at radius 3 is 2.81 bits per heavy atom. The smallest absolute Gasteiger partial charge is 0.259 e. The fourth-order valence-corrected chi connectivity index (χ4v) is 6.21. The van der Waals surface area contributed by atoms with E-state index in [9.17, 15) is 9.59 Å². The predicted octanol–water partition coefficient (Wildman–Crippen LogP) is 4.94. The van der Waals surface area contributed by atoms with E-state index in [-0.39, 0.29) is 11.8 Å². The van der Waals surface area contributed by atoms with Gasteiger partial charge in [-0.3, -0.25) is 9.59 Å². The van der Waals surface area contributed by atoms with Gasteiger partial charge < -0.3 is 15.6 Å². The average molecular weight is 447 g/mol. The van der Waals surface area contributed by atoms with Crippen LogP contribution in [0, 0.1) is 6.92 Å². The van der Waals surface area contributed by atoms with Crippen LogP contribution in [0.2, 0.25) is 0 Å². The third kappa shape index (κ3) is 3.28. The van der Waals surface area contributed by atoms with Crippen LogP contribution < -0.4 is 5.73 Å². The molecule has 1 saturated heterocycles. The first-order valence-corrected chi connectivity index (χ1v) is 11.8. The van der Waals surface area contributed by atoms with E-state index in [4.69, 9.17) is 5.73 Å². The fourth-order valence-electron chi connectivity index (χ4n) is 5.13. The Kier molecular flexibility index (Phi) is 5.01. The molecule has 0 aliphatic carbocycles. The van der Waals surface area contributed by atoms with Gasteiger partial charge in [0.25, 0.3) is 11.8 Å². The summed E-state index contributed by atoms with van der Waals surface area (Å²) in [6.45, 7) is 7.65. The first-order valence-electron chi connectivity index (χ1n) is 10.9. The summed E-state index contributed by atoms with van der Waals surface area (Å²) in [6, 6.07) is 9.78. The highest BCUT2D eigenvalue weighted by Crippen LogP contribution is 2.39. The fraction of sp³-hybridized carbons (Fsp3) is 0.320. The summed E-state index contributed by atoms with van der Waals surface area (Å²) >= 11 is 1.34. The number of nitrogens with zero attached hydrogens (tertiary/aromatic N) is 2. The lowest BCUT2D eigenvalue weighted by molar-refractivity contribution is 0.0791. The number of fused-ring (bicyclic) bond motifs is 2. The van der Waals surface area contributed by atoms with E-state index >= 15 is 0 Å². The number of carbonyl (C=O) groups is 2. The molecule has 6 nitrogen and oxygen atoms in total. The highest BCUT2D eigenvalue weighted by Gasteiger charge is 2.33. The number of primary amides is 1. The monoisotopic (exact) mass is 446 g/mol. The van der Waals surface area contributed by atoms with Gasteiger partial charge in [-0.2, -0.15) is 0 Å². The predicted molar refractivity (Wildman–Crippen MR) is 129 cm³/mol. The maximum Gasteiger partial charge on any atom is 0.259 e. The number of pyridine rings is 1. The maximum atomic E-state index is 13.4.